The first-order valence-corrected chi connectivity index (χ1v) is 7.73. The Hall–Kier alpha value is -1.75. The highest BCUT2D eigenvalue weighted by Gasteiger charge is 2.02. The number of carbonyl (C=O) groups excluding carboxylic acids is 1. The van der Waals surface area contributed by atoms with Gasteiger partial charge in [0.1, 0.15) is 0 Å². The van der Waals surface area contributed by atoms with Crippen LogP contribution in [0.1, 0.15) is 37.0 Å². The first kappa shape index (κ1) is 14.7. The number of carbonyl (C=O) groups is 1. The zero-order valence-electron chi connectivity index (χ0n) is 11.4. The first-order valence-electron chi connectivity index (χ1n) is 6.96. The summed E-state index contributed by atoms with van der Waals surface area (Å²) < 4.78 is 3.84. The van der Waals surface area contributed by atoms with Crippen LogP contribution in [0.15, 0.2) is 36.5 Å². The summed E-state index contributed by atoms with van der Waals surface area (Å²) >= 11 is 1.47. The van der Waals surface area contributed by atoms with Crippen LogP contribution in [0, 0.1) is 0 Å². The first-order chi connectivity index (χ1) is 9.84. The maximum atomic E-state index is 11.7. The Balaban J connectivity index is 1.51. The molecule has 0 spiro atoms. The van der Waals surface area contributed by atoms with Gasteiger partial charge in [0.2, 0.25) is 5.91 Å². The Kier molecular flexibility index (Phi) is 6.17. The normalized spacial score (nSPS) is 10.4. The van der Waals surface area contributed by atoms with Gasteiger partial charge in [-0.2, -0.15) is 0 Å². The summed E-state index contributed by atoms with van der Waals surface area (Å²) in [6.45, 7) is 0. The number of unbranched alkanes of at least 4 members (excludes halogenated alkanes) is 3. The molecule has 20 heavy (non-hydrogen) atoms. The van der Waals surface area contributed by atoms with Crippen LogP contribution in [0.2, 0.25) is 0 Å². The minimum absolute atomic E-state index is 0.0999. The molecule has 0 aliphatic rings. The lowest BCUT2D eigenvalue weighted by Crippen LogP contribution is -2.10. The molecule has 0 aliphatic carbocycles. The molecule has 0 atom stereocenters. The maximum Gasteiger partial charge on any atom is 0.224 e. The SMILES string of the molecule is O=C(CCCCCCc1cnns1)Nc1ccccc1. The van der Waals surface area contributed by atoms with E-state index in [1.54, 1.807) is 0 Å². The van der Waals surface area contributed by atoms with Crippen molar-refractivity contribution in [3.05, 3.63) is 41.4 Å². The fourth-order valence-electron chi connectivity index (χ4n) is 1.98. The lowest BCUT2D eigenvalue weighted by atomic mass is 10.1. The quantitative estimate of drug-likeness (QED) is 0.754. The van der Waals surface area contributed by atoms with E-state index in [4.69, 9.17) is 0 Å². The predicted molar refractivity (Wildman–Crippen MR) is 81.8 cm³/mol. The molecule has 0 aliphatic heterocycles. The molecule has 0 fully saturated rings. The summed E-state index contributed by atoms with van der Waals surface area (Å²) in [4.78, 5) is 12.9. The molecule has 0 saturated heterocycles. The second-order valence-corrected chi connectivity index (χ2v) is 5.58. The highest BCUT2D eigenvalue weighted by atomic mass is 32.1. The number of aryl methyl sites for hydroxylation is 1. The Morgan fingerprint density at radius 3 is 2.65 bits per heavy atom. The molecule has 2 aromatic rings. The summed E-state index contributed by atoms with van der Waals surface area (Å²) in [6, 6.07) is 9.59. The van der Waals surface area contributed by atoms with E-state index in [-0.39, 0.29) is 5.91 Å². The van der Waals surface area contributed by atoms with Crippen molar-refractivity contribution in [3.8, 4) is 0 Å². The molecule has 1 aromatic carbocycles. The van der Waals surface area contributed by atoms with Crippen molar-refractivity contribution < 1.29 is 4.79 Å². The van der Waals surface area contributed by atoms with Gasteiger partial charge in [0, 0.05) is 17.0 Å². The van der Waals surface area contributed by atoms with Crippen LogP contribution in [0.25, 0.3) is 0 Å². The van der Waals surface area contributed by atoms with Crippen LogP contribution >= 0.6 is 11.5 Å². The van der Waals surface area contributed by atoms with E-state index in [0.717, 1.165) is 37.8 Å². The van der Waals surface area contributed by atoms with Crippen molar-refractivity contribution >= 4 is 23.1 Å². The van der Waals surface area contributed by atoms with Crippen molar-refractivity contribution in [1.29, 1.82) is 0 Å². The Labute approximate surface area is 123 Å². The van der Waals surface area contributed by atoms with E-state index in [2.05, 4.69) is 14.9 Å². The number of para-hydroxylation sites is 1. The number of benzene rings is 1. The molecule has 1 amide bonds. The lowest BCUT2D eigenvalue weighted by molar-refractivity contribution is -0.116. The Bertz CT molecular complexity index is 499. The van der Waals surface area contributed by atoms with Crippen molar-refractivity contribution in [1.82, 2.24) is 9.59 Å². The molecule has 0 saturated carbocycles. The molecule has 1 N–H and O–H groups in total. The van der Waals surface area contributed by atoms with Crippen molar-refractivity contribution in [2.45, 2.75) is 38.5 Å². The molecule has 5 heteroatoms. The number of nitrogens with one attached hydrogen (secondary N) is 1. The monoisotopic (exact) mass is 289 g/mol. The van der Waals surface area contributed by atoms with Gasteiger partial charge in [0.05, 0.1) is 6.20 Å². The molecular weight excluding hydrogens is 270 g/mol. The third-order valence-corrected chi connectivity index (χ3v) is 3.76. The molecule has 1 aromatic heterocycles. The number of aromatic nitrogens is 2. The van der Waals surface area contributed by atoms with Gasteiger partial charge in [-0.3, -0.25) is 4.79 Å². The molecule has 0 bridgehead atoms. The fourth-order valence-corrected chi connectivity index (χ4v) is 2.51. The van der Waals surface area contributed by atoms with Crippen LogP contribution in [-0.4, -0.2) is 15.5 Å². The standard InChI is InChI=1S/C15H19N3OS/c19-15(17-13-8-4-3-5-9-13)11-7-2-1-6-10-14-12-16-18-20-14/h3-5,8-9,12H,1-2,6-7,10-11H2,(H,17,19). The van der Waals surface area contributed by atoms with Crippen LogP contribution in [0.4, 0.5) is 5.69 Å². The highest BCUT2D eigenvalue weighted by Crippen LogP contribution is 2.11. The van der Waals surface area contributed by atoms with Crippen LogP contribution in [0.3, 0.4) is 0 Å². The van der Waals surface area contributed by atoms with Crippen molar-refractivity contribution in [2.75, 3.05) is 5.32 Å². The zero-order chi connectivity index (χ0) is 14.0. The summed E-state index contributed by atoms with van der Waals surface area (Å²) in [7, 11) is 0. The van der Waals surface area contributed by atoms with Gasteiger partial charge in [-0.15, -0.1) is 5.10 Å². The Morgan fingerprint density at radius 1 is 1.10 bits per heavy atom. The number of anilines is 1. The summed E-state index contributed by atoms with van der Waals surface area (Å²) in [6.07, 6.45) is 7.80. The molecule has 0 unspecified atom stereocenters. The van der Waals surface area contributed by atoms with Gasteiger partial charge in [0.25, 0.3) is 0 Å². The van der Waals surface area contributed by atoms with Crippen LogP contribution < -0.4 is 5.32 Å². The maximum absolute atomic E-state index is 11.7. The Morgan fingerprint density at radius 2 is 1.90 bits per heavy atom. The summed E-state index contributed by atoms with van der Waals surface area (Å²) in [5, 5.41) is 6.72. The topological polar surface area (TPSA) is 54.9 Å². The largest absolute Gasteiger partial charge is 0.326 e. The number of hydrogen-bond donors (Lipinski definition) is 1. The molecule has 106 valence electrons. The molecular formula is C15H19N3OS. The van der Waals surface area contributed by atoms with E-state index in [1.165, 1.54) is 16.4 Å². The van der Waals surface area contributed by atoms with Gasteiger partial charge in [-0.1, -0.05) is 35.5 Å². The minimum Gasteiger partial charge on any atom is -0.326 e. The third kappa shape index (κ3) is 5.48. The smallest absolute Gasteiger partial charge is 0.224 e. The molecule has 4 nitrogen and oxygen atoms in total. The van der Waals surface area contributed by atoms with Crippen molar-refractivity contribution in [2.24, 2.45) is 0 Å². The second-order valence-electron chi connectivity index (χ2n) is 4.71. The molecule has 0 radical (unpaired) electrons. The van der Waals surface area contributed by atoms with Crippen molar-refractivity contribution in [3.63, 3.8) is 0 Å². The van der Waals surface area contributed by atoms with E-state index < -0.39 is 0 Å². The van der Waals surface area contributed by atoms with E-state index in [0.29, 0.717) is 6.42 Å². The average molecular weight is 289 g/mol. The van der Waals surface area contributed by atoms with E-state index >= 15 is 0 Å². The van der Waals surface area contributed by atoms with E-state index in [1.807, 2.05) is 36.5 Å². The lowest BCUT2D eigenvalue weighted by Gasteiger charge is -2.04. The van der Waals surface area contributed by atoms with Crippen LogP contribution in [-0.2, 0) is 11.2 Å². The van der Waals surface area contributed by atoms with Gasteiger partial charge >= 0.3 is 0 Å². The van der Waals surface area contributed by atoms with Crippen LogP contribution in [0.5, 0.6) is 0 Å². The third-order valence-electron chi connectivity index (χ3n) is 3.04. The summed E-state index contributed by atoms with van der Waals surface area (Å²) in [5.74, 6) is 0.0999. The number of hydrogen-bond acceptors (Lipinski definition) is 4. The van der Waals surface area contributed by atoms with Gasteiger partial charge in [-0.25, -0.2) is 0 Å². The minimum atomic E-state index is 0.0999. The zero-order valence-corrected chi connectivity index (χ0v) is 12.2. The van der Waals surface area contributed by atoms with Gasteiger partial charge in [0.15, 0.2) is 0 Å². The van der Waals surface area contributed by atoms with Gasteiger partial charge < -0.3 is 5.32 Å². The average Bonchev–Trinajstić information content (AvgIpc) is 2.97. The second kappa shape index (κ2) is 8.43. The number of nitrogens with zero attached hydrogens (tertiary/aromatic N) is 2. The number of amides is 1. The summed E-state index contributed by atoms with van der Waals surface area (Å²) in [5.41, 5.74) is 0.871. The van der Waals surface area contributed by atoms with Gasteiger partial charge in [-0.05, 0) is 42.9 Å². The molecule has 1 heterocycles. The fraction of sp³-hybridized carbons (Fsp3) is 0.400. The predicted octanol–water partition coefficient (Wildman–Crippen LogP) is 3.67. The van der Waals surface area contributed by atoms with E-state index in [9.17, 15) is 4.79 Å². The highest BCUT2D eigenvalue weighted by molar-refractivity contribution is 7.05. The number of rotatable bonds is 8. The molecule has 2 rings (SSSR count).